The average Bonchev–Trinajstić information content (AvgIpc) is 2.57. The molecule has 3 N–H and O–H groups in total. The third-order valence-corrected chi connectivity index (χ3v) is 3.00. The van der Waals surface area contributed by atoms with E-state index in [9.17, 15) is 9.18 Å². The number of benzene rings is 1. The van der Waals surface area contributed by atoms with Crippen LogP contribution >= 0.6 is 11.6 Å². The Morgan fingerprint density at radius 3 is 2.61 bits per heavy atom. The number of hydrogen-bond donors (Lipinski definition) is 2. The first-order valence-corrected chi connectivity index (χ1v) is 5.86. The Kier molecular flexibility index (Phi) is 3.17. The van der Waals surface area contributed by atoms with Gasteiger partial charge in [-0.05, 0) is 18.1 Å². The number of halogens is 2. The minimum Gasteiger partial charge on any atom is -0.393 e. The number of anilines is 1. The molecule has 2 aromatic rings. The maximum Gasteiger partial charge on any atom is 0.294 e. The van der Waals surface area contributed by atoms with Gasteiger partial charge in [-0.1, -0.05) is 31.5 Å². The molecule has 0 fully saturated rings. The summed E-state index contributed by atoms with van der Waals surface area (Å²) in [4.78, 5) is 12.0. The topological polar surface area (TPSA) is 63.8 Å². The van der Waals surface area contributed by atoms with E-state index < -0.39 is 11.4 Å². The van der Waals surface area contributed by atoms with Crippen molar-refractivity contribution in [3.8, 4) is 5.69 Å². The van der Waals surface area contributed by atoms with Crippen LogP contribution in [-0.2, 0) is 0 Å². The molecule has 0 unspecified atom stereocenters. The first kappa shape index (κ1) is 12.7. The first-order chi connectivity index (χ1) is 8.43. The maximum absolute atomic E-state index is 13.8. The van der Waals surface area contributed by atoms with Crippen molar-refractivity contribution in [1.29, 1.82) is 0 Å². The summed E-state index contributed by atoms with van der Waals surface area (Å²) in [6.07, 6.45) is 0. The number of nitrogen functional groups attached to an aromatic ring is 1. The largest absolute Gasteiger partial charge is 0.393 e. The monoisotopic (exact) mass is 269 g/mol. The molecule has 0 saturated heterocycles. The van der Waals surface area contributed by atoms with E-state index in [1.54, 1.807) is 0 Å². The highest BCUT2D eigenvalue weighted by molar-refractivity contribution is 6.32. The van der Waals surface area contributed by atoms with Gasteiger partial charge in [-0.3, -0.25) is 9.89 Å². The SMILES string of the molecule is CC(C)c1[nH]n(-c2c(F)cccc2Cl)c(=O)c1N. The van der Waals surface area contributed by atoms with Gasteiger partial charge in [0.25, 0.3) is 5.56 Å². The van der Waals surface area contributed by atoms with Gasteiger partial charge >= 0.3 is 0 Å². The summed E-state index contributed by atoms with van der Waals surface area (Å²) in [6.45, 7) is 3.77. The Hall–Kier alpha value is -1.75. The first-order valence-electron chi connectivity index (χ1n) is 5.48. The van der Waals surface area contributed by atoms with Crippen LogP contribution in [0.3, 0.4) is 0 Å². The van der Waals surface area contributed by atoms with E-state index in [1.807, 2.05) is 13.8 Å². The van der Waals surface area contributed by atoms with E-state index in [4.69, 9.17) is 17.3 Å². The molecular weight excluding hydrogens is 257 g/mol. The van der Waals surface area contributed by atoms with Gasteiger partial charge in [-0.25, -0.2) is 9.07 Å². The van der Waals surface area contributed by atoms with Crippen molar-refractivity contribution in [2.45, 2.75) is 19.8 Å². The average molecular weight is 270 g/mol. The number of nitrogens with two attached hydrogens (primary N) is 1. The Balaban J connectivity index is 2.73. The third kappa shape index (κ3) is 1.90. The fraction of sp³-hybridized carbons (Fsp3) is 0.250. The number of aromatic amines is 1. The summed E-state index contributed by atoms with van der Waals surface area (Å²) >= 11 is 5.92. The molecule has 0 aliphatic heterocycles. The number of H-pyrrole nitrogens is 1. The van der Waals surface area contributed by atoms with E-state index in [0.29, 0.717) is 5.69 Å². The summed E-state index contributed by atoms with van der Waals surface area (Å²) in [5, 5.41) is 2.95. The summed E-state index contributed by atoms with van der Waals surface area (Å²) in [5.41, 5.74) is 5.86. The number of aromatic nitrogens is 2. The zero-order valence-electron chi connectivity index (χ0n) is 10.00. The summed E-state index contributed by atoms with van der Waals surface area (Å²) < 4.78 is 14.8. The summed E-state index contributed by atoms with van der Waals surface area (Å²) in [5.74, 6) is -0.550. The predicted octanol–water partition coefficient (Wildman–Crippen LogP) is 2.66. The van der Waals surface area contributed by atoms with Crippen LogP contribution in [0.25, 0.3) is 5.69 Å². The number of nitrogens with one attached hydrogen (secondary N) is 1. The lowest BCUT2D eigenvalue weighted by atomic mass is 10.1. The van der Waals surface area contributed by atoms with Crippen molar-refractivity contribution in [3.05, 3.63) is 45.1 Å². The van der Waals surface area contributed by atoms with Crippen LogP contribution in [0.2, 0.25) is 5.02 Å². The molecule has 0 spiro atoms. The number of nitrogens with zero attached hydrogens (tertiary/aromatic N) is 1. The molecule has 6 heteroatoms. The van der Waals surface area contributed by atoms with Crippen LogP contribution in [-0.4, -0.2) is 9.78 Å². The van der Waals surface area contributed by atoms with Gasteiger partial charge in [0.2, 0.25) is 0 Å². The number of para-hydroxylation sites is 1. The fourth-order valence-electron chi connectivity index (χ4n) is 1.77. The summed E-state index contributed by atoms with van der Waals surface area (Å²) in [6, 6.07) is 4.22. The molecule has 96 valence electrons. The standard InChI is InChI=1S/C12H13ClFN3O/c1-6(2)10-9(15)12(18)17(16-10)11-7(13)4-3-5-8(11)14/h3-6,16H,15H2,1-2H3. The van der Waals surface area contributed by atoms with Gasteiger partial charge in [0.15, 0.2) is 0 Å². The third-order valence-electron chi connectivity index (χ3n) is 2.69. The maximum atomic E-state index is 13.8. The van der Waals surface area contributed by atoms with Crippen molar-refractivity contribution in [1.82, 2.24) is 9.78 Å². The van der Waals surface area contributed by atoms with Crippen molar-refractivity contribution >= 4 is 17.3 Å². The van der Waals surface area contributed by atoms with Gasteiger partial charge < -0.3 is 5.73 Å². The molecule has 1 aromatic carbocycles. The van der Waals surface area contributed by atoms with E-state index in [-0.39, 0.29) is 22.3 Å². The molecule has 2 rings (SSSR count). The smallest absolute Gasteiger partial charge is 0.294 e. The van der Waals surface area contributed by atoms with E-state index in [2.05, 4.69) is 5.10 Å². The second-order valence-electron chi connectivity index (χ2n) is 4.30. The van der Waals surface area contributed by atoms with Crippen LogP contribution in [0.1, 0.15) is 25.5 Å². The highest BCUT2D eigenvalue weighted by atomic mass is 35.5. The Bertz CT molecular complexity index is 625. The lowest BCUT2D eigenvalue weighted by Gasteiger charge is -2.06. The molecule has 0 atom stereocenters. The lowest BCUT2D eigenvalue weighted by Crippen LogP contribution is -2.18. The molecule has 4 nitrogen and oxygen atoms in total. The molecule has 1 aromatic heterocycles. The molecule has 0 amide bonds. The zero-order chi connectivity index (χ0) is 13.4. The van der Waals surface area contributed by atoms with E-state index >= 15 is 0 Å². The zero-order valence-corrected chi connectivity index (χ0v) is 10.8. The molecule has 1 heterocycles. The lowest BCUT2D eigenvalue weighted by molar-refractivity contribution is 0.606. The molecule has 0 bridgehead atoms. The normalized spacial score (nSPS) is 11.2. The van der Waals surface area contributed by atoms with Gasteiger partial charge in [-0.2, -0.15) is 0 Å². The minimum absolute atomic E-state index is 0.0113. The van der Waals surface area contributed by atoms with Crippen molar-refractivity contribution in [2.24, 2.45) is 0 Å². The number of rotatable bonds is 2. The Labute approximate surface area is 108 Å². The molecular formula is C12H13ClFN3O. The van der Waals surface area contributed by atoms with Crippen LogP contribution in [0.5, 0.6) is 0 Å². The predicted molar refractivity (Wildman–Crippen MR) is 69.9 cm³/mol. The van der Waals surface area contributed by atoms with Crippen LogP contribution < -0.4 is 11.3 Å². The summed E-state index contributed by atoms with van der Waals surface area (Å²) in [7, 11) is 0. The van der Waals surface area contributed by atoms with Gasteiger partial charge in [-0.15, -0.1) is 0 Å². The van der Waals surface area contributed by atoms with Crippen molar-refractivity contribution in [2.75, 3.05) is 5.73 Å². The molecule has 18 heavy (non-hydrogen) atoms. The highest BCUT2D eigenvalue weighted by Gasteiger charge is 2.18. The van der Waals surface area contributed by atoms with Gasteiger partial charge in [0, 0.05) is 0 Å². The molecule has 0 aliphatic rings. The second kappa shape index (κ2) is 4.49. The van der Waals surface area contributed by atoms with Crippen LogP contribution in [0.4, 0.5) is 10.1 Å². The quantitative estimate of drug-likeness (QED) is 0.880. The van der Waals surface area contributed by atoms with Crippen molar-refractivity contribution < 1.29 is 4.39 Å². The van der Waals surface area contributed by atoms with Crippen LogP contribution in [0, 0.1) is 5.82 Å². The fourth-order valence-corrected chi connectivity index (χ4v) is 2.01. The van der Waals surface area contributed by atoms with Crippen LogP contribution in [0.15, 0.2) is 23.0 Å². The second-order valence-corrected chi connectivity index (χ2v) is 4.71. The highest BCUT2D eigenvalue weighted by Crippen LogP contribution is 2.24. The molecule has 0 aliphatic carbocycles. The van der Waals surface area contributed by atoms with Crippen molar-refractivity contribution in [3.63, 3.8) is 0 Å². The van der Waals surface area contributed by atoms with Gasteiger partial charge in [0.1, 0.15) is 17.2 Å². The molecule has 0 saturated carbocycles. The van der Waals surface area contributed by atoms with E-state index in [0.717, 1.165) is 4.68 Å². The molecule has 0 radical (unpaired) electrons. The Morgan fingerprint density at radius 2 is 2.11 bits per heavy atom. The Morgan fingerprint density at radius 1 is 1.44 bits per heavy atom. The van der Waals surface area contributed by atoms with E-state index in [1.165, 1.54) is 18.2 Å². The number of hydrogen-bond acceptors (Lipinski definition) is 2. The minimum atomic E-state index is -0.582. The van der Waals surface area contributed by atoms with Gasteiger partial charge in [0.05, 0.1) is 10.7 Å².